The molecule has 2 atom stereocenters. The molecule has 0 aliphatic rings. The fourth-order valence-electron chi connectivity index (χ4n) is 0.616. The van der Waals surface area contributed by atoms with Gasteiger partial charge in [0.05, 0.1) is 13.7 Å². The summed E-state index contributed by atoms with van der Waals surface area (Å²) in [4.78, 5) is 10.6. The normalized spacial score (nSPS) is 13.4. The molecular weight excluding hydrogens is 863 g/mol. The van der Waals surface area contributed by atoms with Crippen LogP contribution in [-0.2, 0) is 9.53 Å². The van der Waals surface area contributed by atoms with Crippen LogP contribution in [0.3, 0.4) is 0 Å². The van der Waals surface area contributed by atoms with E-state index < -0.39 is 30.5 Å². The summed E-state index contributed by atoms with van der Waals surface area (Å²) in [7, 11) is 1.02. The summed E-state index contributed by atoms with van der Waals surface area (Å²) in [5.74, 6) is -1.08. The molecule has 0 amide bonds. The monoisotopic (exact) mass is 874 g/mol. The van der Waals surface area contributed by atoms with Crippen molar-refractivity contribution in [3.8, 4) is 0 Å². The number of carbonyl (C=O) groups excluding carboxylic acids is 1. The molecule has 4 N–H and O–H groups in total. The molecule has 16 heavy (non-hydrogen) atoms. The second-order valence-electron chi connectivity index (χ2n) is 2.16. The van der Waals surface area contributed by atoms with Crippen molar-refractivity contribution in [3.63, 3.8) is 0 Å². The first-order valence-electron chi connectivity index (χ1n) is 3.34. The molecule has 0 aromatic carbocycles. The fourth-order valence-corrected chi connectivity index (χ4v) is 0.616. The number of methoxy groups -OCH3 is 1. The fraction of sp³-hybridized carbons (Fsp3) is 0.667. The van der Waals surface area contributed by atoms with Gasteiger partial charge in [-0.25, -0.2) is 4.79 Å². The third-order valence-electron chi connectivity index (χ3n) is 1.37. The Bertz CT molecular complexity index is 214. The van der Waals surface area contributed by atoms with Crippen LogP contribution in [0, 0.1) is 132 Å². The Kier molecular flexibility index (Phi) is 27.8. The van der Waals surface area contributed by atoms with Crippen molar-refractivity contribution in [3.05, 3.63) is 0 Å². The Morgan fingerprint density at radius 1 is 1.25 bits per heavy atom. The molecule has 0 aliphatic carbocycles. The molecule has 0 spiro atoms. The smallest absolute Gasteiger partial charge is 0.337 e. The average Bonchev–Trinajstić information content (AvgIpc) is 2.17. The second kappa shape index (κ2) is 16.2. The minimum absolute atomic E-state index is 0. The van der Waals surface area contributed by atoms with E-state index in [2.05, 4.69) is 9.89 Å². The van der Waals surface area contributed by atoms with Gasteiger partial charge in [-0.15, -0.1) is 0 Å². The minimum atomic E-state index is -1.87. The molecule has 0 rings (SSSR count). The maximum absolute atomic E-state index is 10.6. The zero-order valence-corrected chi connectivity index (χ0v) is 22.9. The summed E-state index contributed by atoms with van der Waals surface area (Å²) in [6.45, 7) is -0.772. The van der Waals surface area contributed by atoms with Gasteiger partial charge in [-0.1, -0.05) is 5.16 Å². The molecule has 10 heteroatoms. The third kappa shape index (κ3) is 10.00. The van der Waals surface area contributed by atoms with Gasteiger partial charge in [-0.05, 0) is 0 Å². The number of esters is 1. The van der Waals surface area contributed by atoms with Crippen LogP contribution in [0.1, 0.15) is 0 Å². The van der Waals surface area contributed by atoms with E-state index in [4.69, 9.17) is 20.5 Å². The van der Waals surface area contributed by atoms with Gasteiger partial charge < -0.3 is 25.3 Å². The Morgan fingerprint density at radius 3 is 1.94 bits per heavy atom. The number of oxime groups is 1. The zero-order valence-electron chi connectivity index (χ0n) is 8.65. The molecule has 0 saturated carbocycles. The van der Waals surface area contributed by atoms with Crippen molar-refractivity contribution >= 4 is 11.7 Å². The molecule has 3 radical (unpaired) electrons. The van der Waals surface area contributed by atoms with Crippen LogP contribution in [0.15, 0.2) is 5.16 Å². The number of aliphatic hydroxyl groups is 3. The Balaban J connectivity index is -0.000000240. The molecular formula is C6H11Ac3NO6. The van der Waals surface area contributed by atoms with Gasteiger partial charge in [0.2, 0.25) is 0 Å². The van der Waals surface area contributed by atoms with Gasteiger partial charge in [0.25, 0.3) is 0 Å². The van der Waals surface area contributed by atoms with Gasteiger partial charge in [-0.3, -0.25) is 0 Å². The van der Waals surface area contributed by atoms with Crippen molar-refractivity contribution < 1.29 is 162 Å². The summed E-state index contributed by atoms with van der Waals surface area (Å²) in [6, 6.07) is 0. The molecule has 0 aromatic rings. The van der Waals surface area contributed by atoms with Gasteiger partial charge in [0.15, 0.2) is 6.10 Å². The van der Waals surface area contributed by atoms with Crippen LogP contribution < -0.4 is 0 Å². The molecule has 0 aliphatic heterocycles. The van der Waals surface area contributed by atoms with Crippen LogP contribution in [0.2, 0.25) is 0 Å². The Labute approximate surface area is 200 Å². The van der Waals surface area contributed by atoms with E-state index in [-0.39, 0.29) is 132 Å². The summed E-state index contributed by atoms with van der Waals surface area (Å²) < 4.78 is 4.11. The minimum Gasteiger partial charge on any atom is -0.467 e. The first-order chi connectivity index (χ1) is 6.08. The van der Waals surface area contributed by atoms with E-state index in [1.54, 1.807) is 0 Å². The van der Waals surface area contributed by atoms with Gasteiger partial charge in [-0.2, -0.15) is 0 Å². The molecule has 85 valence electrons. The number of nitrogens with zero attached hydrogens (tertiary/aromatic N) is 1. The van der Waals surface area contributed by atoms with Crippen molar-refractivity contribution in [1.29, 1.82) is 0 Å². The molecule has 2 unspecified atom stereocenters. The average molecular weight is 874 g/mol. The van der Waals surface area contributed by atoms with E-state index in [1.165, 1.54) is 0 Å². The second-order valence-corrected chi connectivity index (χ2v) is 2.16. The van der Waals surface area contributed by atoms with Crippen molar-refractivity contribution in [2.75, 3.05) is 13.7 Å². The van der Waals surface area contributed by atoms with E-state index in [0.29, 0.717) is 0 Å². The largest absolute Gasteiger partial charge is 0.467 e. The van der Waals surface area contributed by atoms with Gasteiger partial charge in [0.1, 0.15) is 11.8 Å². The van der Waals surface area contributed by atoms with Crippen molar-refractivity contribution in [2.24, 2.45) is 5.16 Å². The number of ether oxygens (including phenoxy) is 1. The Morgan fingerprint density at radius 2 is 1.69 bits per heavy atom. The van der Waals surface area contributed by atoms with Crippen LogP contribution in [-0.4, -0.2) is 58.1 Å². The van der Waals surface area contributed by atoms with E-state index in [1.807, 2.05) is 0 Å². The van der Waals surface area contributed by atoms with E-state index in [0.717, 1.165) is 7.11 Å². The number of hydrogen-bond acceptors (Lipinski definition) is 7. The van der Waals surface area contributed by atoms with Crippen molar-refractivity contribution in [1.82, 2.24) is 0 Å². The molecule has 7 nitrogen and oxygen atoms in total. The molecule has 0 heterocycles. The number of hydrogen-bond donors (Lipinski definition) is 4. The zero-order chi connectivity index (χ0) is 10.4. The third-order valence-corrected chi connectivity index (χ3v) is 1.37. The van der Waals surface area contributed by atoms with Crippen LogP contribution in [0.5, 0.6) is 0 Å². The van der Waals surface area contributed by atoms with E-state index >= 15 is 0 Å². The summed E-state index contributed by atoms with van der Waals surface area (Å²) in [6.07, 6.45) is -3.65. The molecule has 0 aromatic heterocycles. The van der Waals surface area contributed by atoms with Crippen molar-refractivity contribution in [2.45, 2.75) is 12.2 Å². The standard InChI is InChI=1S/C6H11NO6.3Ac/c1-13-6(11)5(10)4(9)3(2-8)7-12;;;/h4-5,8-10,12H,2H2,1H3;;;/b7-3+;;;. The number of rotatable bonds is 4. The number of carbonyl (C=O) groups is 1. The first kappa shape index (κ1) is 27.5. The predicted molar refractivity (Wildman–Crippen MR) is 40.3 cm³/mol. The maximum atomic E-state index is 10.6. The number of aliphatic hydroxyl groups excluding tert-OH is 3. The summed E-state index contributed by atoms with van der Waals surface area (Å²) in [5, 5.41) is 37.3. The Hall–Kier alpha value is 3.14. The van der Waals surface area contributed by atoms with Gasteiger partial charge >= 0.3 is 5.97 Å². The molecule has 0 fully saturated rings. The van der Waals surface area contributed by atoms with Crippen LogP contribution >= 0.6 is 0 Å². The van der Waals surface area contributed by atoms with E-state index in [9.17, 15) is 4.79 Å². The summed E-state index contributed by atoms with van der Waals surface area (Å²) in [5.41, 5.74) is -0.516. The quantitative estimate of drug-likeness (QED) is 0.109. The van der Waals surface area contributed by atoms with Crippen LogP contribution in [0.25, 0.3) is 0 Å². The molecule has 0 saturated heterocycles. The first-order valence-corrected chi connectivity index (χ1v) is 3.34. The van der Waals surface area contributed by atoms with Crippen LogP contribution in [0.4, 0.5) is 0 Å². The summed E-state index contributed by atoms with van der Waals surface area (Å²) >= 11 is 0. The van der Waals surface area contributed by atoms with Gasteiger partial charge in [0, 0.05) is 132 Å². The molecule has 0 bridgehead atoms. The topological polar surface area (TPSA) is 120 Å². The SMILES string of the molecule is COC(=O)C(O)C(O)/C(CO)=N/O.[Ac].[Ac].[Ac]. The maximum Gasteiger partial charge on any atom is 0.337 e. The predicted octanol–water partition coefficient (Wildman–Crippen LogP) is -2.30.